The Hall–Kier alpha value is -1.14. The Morgan fingerprint density at radius 2 is 1.83 bits per heavy atom. The van der Waals surface area contributed by atoms with Gasteiger partial charge in [-0.1, -0.05) is 34.7 Å². The van der Waals surface area contributed by atoms with Gasteiger partial charge in [-0.25, -0.2) is 4.79 Å². The lowest BCUT2D eigenvalue weighted by Crippen LogP contribution is -2.20. The van der Waals surface area contributed by atoms with Crippen molar-refractivity contribution in [2.45, 2.75) is 19.2 Å². The fourth-order valence-corrected chi connectivity index (χ4v) is 2.88. The van der Waals surface area contributed by atoms with Crippen molar-refractivity contribution in [2.75, 3.05) is 12.9 Å². The van der Waals surface area contributed by atoms with E-state index in [1.807, 2.05) is 0 Å². The number of esters is 1. The third-order valence-corrected chi connectivity index (χ3v) is 3.94. The van der Waals surface area contributed by atoms with Gasteiger partial charge in [0.1, 0.15) is 6.10 Å². The fourth-order valence-electron chi connectivity index (χ4n) is 1.73. The van der Waals surface area contributed by atoms with E-state index < -0.39 is 33.9 Å². The molecule has 0 saturated heterocycles. The van der Waals surface area contributed by atoms with Crippen LogP contribution < -0.4 is 0 Å². The lowest BCUT2D eigenvalue weighted by Gasteiger charge is -2.19. The second-order valence-electron chi connectivity index (χ2n) is 4.59. The van der Waals surface area contributed by atoms with Gasteiger partial charge in [0.05, 0.1) is 24.0 Å². The second-order valence-corrected chi connectivity index (χ2v) is 6.81. The van der Waals surface area contributed by atoms with Gasteiger partial charge in [0, 0.05) is 0 Å². The molecule has 0 N–H and O–H groups in total. The number of hydrogen-bond acceptors (Lipinski definition) is 5. The maximum Gasteiger partial charge on any atom is 0.416 e. The zero-order chi connectivity index (χ0) is 18.5. The Kier molecular flexibility index (Phi) is 7.23. The van der Waals surface area contributed by atoms with Crippen LogP contribution in [0.25, 0.3) is 0 Å². The van der Waals surface area contributed by atoms with Crippen LogP contribution in [0.2, 0.25) is 0 Å². The Balaban J connectivity index is 3.30. The summed E-state index contributed by atoms with van der Waals surface area (Å²) in [6, 6.07) is 3.67. The van der Waals surface area contributed by atoms with E-state index in [0.29, 0.717) is 0 Å². The minimum Gasteiger partial charge on any atom is -0.463 e. The number of alkyl halides is 3. The molecule has 0 unspecified atom stereocenters. The van der Waals surface area contributed by atoms with Crippen LogP contribution in [0.15, 0.2) is 33.9 Å². The molecule has 10 heteroatoms. The number of hydrogen-bond donors (Lipinski definition) is 0. The molecule has 0 radical (unpaired) electrons. The van der Waals surface area contributed by atoms with E-state index >= 15 is 0 Å². The van der Waals surface area contributed by atoms with Crippen molar-refractivity contribution in [3.63, 3.8) is 0 Å². The molecule has 1 rings (SSSR count). The van der Waals surface area contributed by atoms with Gasteiger partial charge in [0.2, 0.25) is 0 Å². The third-order valence-electron chi connectivity index (χ3n) is 2.72. The Labute approximate surface area is 151 Å². The average molecular weight is 478 g/mol. The lowest BCUT2D eigenvalue weighted by atomic mass is 10.0. The SMILES string of the molecule is CCOC(=O)/C(=C\I)[C@@H](OS(C)(=O)=O)c1ccc(C(F)(F)F)cc1. The van der Waals surface area contributed by atoms with Gasteiger partial charge in [0.25, 0.3) is 10.1 Å². The molecule has 1 aromatic rings. The van der Waals surface area contributed by atoms with Crippen molar-refractivity contribution < 1.29 is 35.3 Å². The quantitative estimate of drug-likeness (QED) is 0.271. The molecule has 0 spiro atoms. The van der Waals surface area contributed by atoms with Gasteiger partial charge in [0.15, 0.2) is 0 Å². The van der Waals surface area contributed by atoms with E-state index in [1.165, 1.54) is 4.08 Å². The summed E-state index contributed by atoms with van der Waals surface area (Å²) < 4.78 is 71.8. The molecule has 134 valence electrons. The first kappa shape index (κ1) is 20.9. The summed E-state index contributed by atoms with van der Waals surface area (Å²) in [5, 5.41) is 0. The van der Waals surface area contributed by atoms with Gasteiger partial charge in [-0.3, -0.25) is 4.18 Å². The average Bonchev–Trinajstić information content (AvgIpc) is 2.45. The van der Waals surface area contributed by atoms with Crippen LogP contribution in [0.5, 0.6) is 0 Å². The van der Waals surface area contributed by atoms with Crippen LogP contribution >= 0.6 is 22.6 Å². The smallest absolute Gasteiger partial charge is 0.416 e. The molecule has 0 amide bonds. The predicted molar refractivity (Wildman–Crippen MR) is 88.8 cm³/mol. The topological polar surface area (TPSA) is 69.7 Å². The summed E-state index contributed by atoms with van der Waals surface area (Å²) in [7, 11) is -3.99. The molecule has 0 bridgehead atoms. The lowest BCUT2D eigenvalue weighted by molar-refractivity contribution is -0.140. The molecule has 0 fully saturated rings. The molecule has 0 aliphatic carbocycles. The molecule has 0 aliphatic rings. The molecule has 1 atom stereocenters. The van der Waals surface area contributed by atoms with E-state index in [9.17, 15) is 26.4 Å². The van der Waals surface area contributed by atoms with Crippen molar-refractivity contribution >= 4 is 38.7 Å². The number of rotatable bonds is 6. The van der Waals surface area contributed by atoms with Crippen LogP contribution in [-0.4, -0.2) is 27.2 Å². The number of carbonyl (C=O) groups excluding carboxylic acids is 1. The summed E-state index contributed by atoms with van der Waals surface area (Å²) >= 11 is 1.70. The molecule has 0 saturated carbocycles. The van der Waals surface area contributed by atoms with Crippen molar-refractivity contribution in [1.29, 1.82) is 0 Å². The monoisotopic (exact) mass is 478 g/mol. The van der Waals surface area contributed by atoms with Crippen molar-refractivity contribution in [1.82, 2.24) is 0 Å². The van der Waals surface area contributed by atoms with E-state index in [2.05, 4.69) is 0 Å². The van der Waals surface area contributed by atoms with Crippen LogP contribution in [-0.2, 0) is 30.0 Å². The molecule has 0 aromatic heterocycles. The van der Waals surface area contributed by atoms with Crippen molar-refractivity contribution in [3.05, 3.63) is 45.0 Å². The third kappa shape index (κ3) is 6.06. The van der Waals surface area contributed by atoms with E-state index in [4.69, 9.17) is 8.92 Å². The Bertz CT molecular complexity index is 711. The summed E-state index contributed by atoms with van der Waals surface area (Å²) in [4.78, 5) is 12.0. The van der Waals surface area contributed by atoms with Crippen LogP contribution in [0.3, 0.4) is 0 Å². The van der Waals surface area contributed by atoms with Crippen molar-refractivity contribution in [2.24, 2.45) is 0 Å². The minimum atomic E-state index is -4.53. The van der Waals surface area contributed by atoms with Crippen molar-refractivity contribution in [3.8, 4) is 0 Å². The zero-order valence-corrected chi connectivity index (χ0v) is 15.6. The molecular formula is C14H14F3IO5S. The van der Waals surface area contributed by atoms with Gasteiger partial charge < -0.3 is 4.74 Å². The van der Waals surface area contributed by atoms with Gasteiger partial charge >= 0.3 is 12.1 Å². The second kappa shape index (κ2) is 8.30. The Morgan fingerprint density at radius 1 is 1.29 bits per heavy atom. The number of carbonyl (C=O) groups is 1. The standard InChI is InChI=1S/C14H14F3IO5S/c1-3-22-13(19)11(8-18)12(23-24(2,20)21)9-4-6-10(7-5-9)14(15,16)17/h4-8,12H,3H2,1-2H3/b11-8-/t12-/m0/s1. The predicted octanol–water partition coefficient (Wildman–Crippen LogP) is 3.60. The first-order valence-corrected chi connectivity index (χ1v) is 9.58. The summed E-state index contributed by atoms with van der Waals surface area (Å²) in [6.45, 7) is 1.61. The molecule has 0 heterocycles. The highest BCUT2D eigenvalue weighted by atomic mass is 127. The largest absolute Gasteiger partial charge is 0.463 e. The molecule has 24 heavy (non-hydrogen) atoms. The molecule has 5 nitrogen and oxygen atoms in total. The van der Waals surface area contributed by atoms with E-state index in [-0.39, 0.29) is 17.7 Å². The van der Waals surface area contributed by atoms with E-state index in [1.54, 1.807) is 29.5 Å². The van der Waals surface area contributed by atoms with Crippen LogP contribution in [0.1, 0.15) is 24.2 Å². The van der Waals surface area contributed by atoms with Crippen LogP contribution in [0.4, 0.5) is 13.2 Å². The summed E-state index contributed by atoms with van der Waals surface area (Å²) in [6.07, 6.45) is -5.16. The maximum absolute atomic E-state index is 12.6. The summed E-state index contributed by atoms with van der Waals surface area (Å²) in [5.41, 5.74) is -0.965. The summed E-state index contributed by atoms with van der Waals surface area (Å²) in [5.74, 6) is -0.819. The minimum absolute atomic E-state index is 0.0470. The maximum atomic E-state index is 12.6. The Morgan fingerprint density at radius 3 is 2.21 bits per heavy atom. The normalized spacial score (nSPS) is 14.3. The number of halogens is 4. The first-order valence-electron chi connectivity index (χ1n) is 6.52. The fraction of sp³-hybridized carbons (Fsp3) is 0.357. The molecule has 0 aliphatic heterocycles. The van der Waals surface area contributed by atoms with Crippen LogP contribution in [0, 0.1) is 0 Å². The highest BCUT2D eigenvalue weighted by Crippen LogP contribution is 2.33. The van der Waals surface area contributed by atoms with Gasteiger partial charge in [-0.15, -0.1) is 0 Å². The number of ether oxygens (including phenoxy) is 1. The zero-order valence-electron chi connectivity index (χ0n) is 12.6. The van der Waals surface area contributed by atoms with Gasteiger partial charge in [-0.2, -0.15) is 21.6 Å². The first-order chi connectivity index (χ1) is 11.0. The number of benzene rings is 1. The van der Waals surface area contributed by atoms with E-state index in [0.717, 1.165) is 30.5 Å². The highest BCUT2D eigenvalue weighted by molar-refractivity contribution is 14.1. The van der Waals surface area contributed by atoms with Gasteiger partial charge in [-0.05, 0) is 28.7 Å². The highest BCUT2D eigenvalue weighted by Gasteiger charge is 2.32. The molecule has 1 aromatic carbocycles. The molecular weight excluding hydrogens is 464 g/mol.